The molecular formula is C8H12O4. The van der Waals surface area contributed by atoms with Crippen molar-refractivity contribution in [3.63, 3.8) is 0 Å². The minimum atomic E-state index is -0.847. The van der Waals surface area contributed by atoms with Crippen LogP contribution in [0, 0.1) is 5.92 Å². The van der Waals surface area contributed by atoms with Gasteiger partial charge >= 0.3 is 11.9 Å². The first-order valence-corrected chi connectivity index (χ1v) is 3.74. The molecule has 0 aliphatic rings. The van der Waals surface area contributed by atoms with Crippen molar-refractivity contribution >= 4 is 17.7 Å². The Morgan fingerprint density at radius 1 is 1.33 bits per heavy atom. The molecule has 0 fully saturated rings. The van der Waals surface area contributed by atoms with Gasteiger partial charge in [-0.25, -0.2) is 0 Å². The van der Waals surface area contributed by atoms with Gasteiger partial charge in [-0.3, -0.25) is 14.4 Å². The highest BCUT2D eigenvalue weighted by molar-refractivity contribution is 6.00. The first-order valence-electron chi connectivity index (χ1n) is 3.74. The summed E-state index contributed by atoms with van der Waals surface area (Å²) in [5, 5.41) is 0. The Balaban J connectivity index is 4.04. The van der Waals surface area contributed by atoms with Crippen molar-refractivity contribution in [1.82, 2.24) is 0 Å². The lowest BCUT2D eigenvalue weighted by molar-refractivity contribution is -0.162. The number of Topliss-reactive ketones (excluding diaryl/α,β-unsaturated/α-hetero) is 1. The van der Waals surface area contributed by atoms with Gasteiger partial charge in [-0.2, -0.15) is 0 Å². The summed E-state index contributed by atoms with van der Waals surface area (Å²) in [4.78, 5) is 32.1. The molecule has 0 heterocycles. The molecule has 0 aromatic rings. The predicted molar refractivity (Wildman–Crippen MR) is 41.2 cm³/mol. The predicted octanol–water partition coefficient (Wildman–Crippen LogP) is 0.691. The van der Waals surface area contributed by atoms with Crippen LogP contribution >= 0.6 is 0 Å². The summed E-state index contributed by atoms with van der Waals surface area (Å²) in [7, 11) is 0. The number of ether oxygens (including phenoxy) is 1. The zero-order valence-electron chi connectivity index (χ0n) is 7.42. The lowest BCUT2D eigenvalue weighted by atomic mass is 10.1. The third kappa shape index (κ3) is 3.27. The summed E-state index contributed by atoms with van der Waals surface area (Å²) in [6, 6.07) is 0. The summed E-state index contributed by atoms with van der Waals surface area (Å²) >= 11 is 0. The largest absolute Gasteiger partial charge is 0.393 e. The second kappa shape index (κ2) is 4.64. The van der Waals surface area contributed by atoms with E-state index in [1.54, 1.807) is 6.92 Å². The van der Waals surface area contributed by atoms with Gasteiger partial charge in [-0.15, -0.1) is 0 Å². The van der Waals surface area contributed by atoms with E-state index in [4.69, 9.17) is 0 Å². The molecule has 0 spiro atoms. The SMILES string of the molecule is CCC(=O)OC(=O)C(C)C(C)=O. The molecule has 0 aromatic heterocycles. The average Bonchev–Trinajstić information content (AvgIpc) is 2.02. The van der Waals surface area contributed by atoms with Gasteiger partial charge in [0.1, 0.15) is 11.7 Å². The molecule has 0 rings (SSSR count). The van der Waals surface area contributed by atoms with E-state index in [-0.39, 0.29) is 12.2 Å². The molecule has 68 valence electrons. The molecule has 0 saturated carbocycles. The molecule has 4 heteroatoms. The fourth-order valence-corrected chi connectivity index (χ4v) is 0.439. The van der Waals surface area contributed by atoms with Crippen molar-refractivity contribution in [2.45, 2.75) is 27.2 Å². The van der Waals surface area contributed by atoms with Crippen molar-refractivity contribution in [2.75, 3.05) is 0 Å². The van der Waals surface area contributed by atoms with Crippen molar-refractivity contribution in [3.8, 4) is 0 Å². The Labute approximate surface area is 70.9 Å². The number of rotatable bonds is 3. The standard InChI is InChI=1S/C8H12O4/c1-4-7(10)12-8(11)5(2)6(3)9/h5H,4H2,1-3H3. The Morgan fingerprint density at radius 2 is 1.83 bits per heavy atom. The molecule has 0 bridgehead atoms. The third-order valence-corrected chi connectivity index (χ3v) is 1.47. The second-order valence-corrected chi connectivity index (χ2v) is 2.48. The van der Waals surface area contributed by atoms with Crippen LogP contribution in [0.5, 0.6) is 0 Å². The van der Waals surface area contributed by atoms with Gasteiger partial charge < -0.3 is 4.74 Å². The van der Waals surface area contributed by atoms with Crippen LogP contribution in [0.15, 0.2) is 0 Å². The molecule has 4 nitrogen and oxygen atoms in total. The number of hydrogen-bond acceptors (Lipinski definition) is 4. The lowest BCUT2D eigenvalue weighted by Crippen LogP contribution is -2.23. The van der Waals surface area contributed by atoms with Gasteiger partial charge in [0.2, 0.25) is 0 Å². The number of carbonyl (C=O) groups excluding carboxylic acids is 3. The fourth-order valence-electron chi connectivity index (χ4n) is 0.439. The van der Waals surface area contributed by atoms with E-state index in [0.29, 0.717) is 0 Å². The molecule has 0 aromatic carbocycles. The van der Waals surface area contributed by atoms with Crippen molar-refractivity contribution in [2.24, 2.45) is 5.92 Å². The summed E-state index contributed by atoms with van der Waals surface area (Å²) in [6.45, 7) is 4.27. The first kappa shape index (κ1) is 10.8. The topological polar surface area (TPSA) is 60.4 Å². The summed E-state index contributed by atoms with van der Waals surface area (Å²) < 4.78 is 4.32. The van der Waals surface area contributed by atoms with Crippen molar-refractivity contribution in [1.29, 1.82) is 0 Å². The maximum Gasteiger partial charge on any atom is 0.323 e. The Morgan fingerprint density at radius 3 is 2.17 bits per heavy atom. The number of carbonyl (C=O) groups is 3. The maximum absolute atomic E-state index is 10.9. The first-order chi connectivity index (χ1) is 5.49. The van der Waals surface area contributed by atoms with E-state index >= 15 is 0 Å². The summed E-state index contributed by atoms with van der Waals surface area (Å²) in [6.07, 6.45) is 0.135. The Hall–Kier alpha value is -1.19. The van der Waals surface area contributed by atoms with Crippen LogP contribution in [0.2, 0.25) is 0 Å². The quantitative estimate of drug-likeness (QED) is 0.464. The van der Waals surface area contributed by atoms with Gasteiger partial charge in [0, 0.05) is 6.42 Å². The van der Waals surface area contributed by atoms with Gasteiger partial charge in [-0.1, -0.05) is 6.92 Å². The minimum Gasteiger partial charge on any atom is -0.393 e. The molecule has 0 aliphatic carbocycles. The van der Waals surface area contributed by atoms with Gasteiger partial charge in [0.15, 0.2) is 0 Å². The van der Waals surface area contributed by atoms with Crippen LogP contribution in [-0.2, 0) is 19.1 Å². The van der Waals surface area contributed by atoms with Crippen molar-refractivity contribution < 1.29 is 19.1 Å². The Kier molecular flexibility index (Phi) is 4.18. The van der Waals surface area contributed by atoms with Crippen LogP contribution < -0.4 is 0 Å². The second-order valence-electron chi connectivity index (χ2n) is 2.48. The molecule has 0 radical (unpaired) electrons. The highest BCUT2D eigenvalue weighted by Crippen LogP contribution is 2.00. The van der Waals surface area contributed by atoms with Gasteiger partial charge in [0.05, 0.1) is 0 Å². The zero-order chi connectivity index (χ0) is 9.72. The van der Waals surface area contributed by atoms with Crippen LogP contribution in [0.1, 0.15) is 27.2 Å². The van der Waals surface area contributed by atoms with E-state index in [0.717, 1.165) is 0 Å². The van der Waals surface area contributed by atoms with Crippen LogP contribution in [0.25, 0.3) is 0 Å². The zero-order valence-corrected chi connectivity index (χ0v) is 7.42. The molecule has 1 atom stereocenters. The number of ketones is 1. The highest BCUT2D eigenvalue weighted by Gasteiger charge is 2.21. The smallest absolute Gasteiger partial charge is 0.323 e. The molecular weight excluding hydrogens is 160 g/mol. The minimum absolute atomic E-state index is 0.135. The molecule has 0 amide bonds. The summed E-state index contributed by atoms with van der Waals surface area (Å²) in [5.74, 6) is -2.52. The van der Waals surface area contributed by atoms with Crippen molar-refractivity contribution in [3.05, 3.63) is 0 Å². The van der Waals surface area contributed by atoms with Crippen LogP contribution in [-0.4, -0.2) is 17.7 Å². The molecule has 0 saturated heterocycles. The van der Waals surface area contributed by atoms with Crippen LogP contribution in [0.4, 0.5) is 0 Å². The van der Waals surface area contributed by atoms with E-state index in [2.05, 4.69) is 4.74 Å². The fraction of sp³-hybridized carbons (Fsp3) is 0.625. The van der Waals surface area contributed by atoms with E-state index in [1.807, 2.05) is 0 Å². The van der Waals surface area contributed by atoms with E-state index in [9.17, 15) is 14.4 Å². The molecule has 0 N–H and O–H groups in total. The van der Waals surface area contributed by atoms with E-state index in [1.165, 1.54) is 13.8 Å². The van der Waals surface area contributed by atoms with Gasteiger partial charge in [-0.05, 0) is 13.8 Å². The monoisotopic (exact) mass is 172 g/mol. The number of hydrogen-bond donors (Lipinski definition) is 0. The summed E-state index contributed by atoms with van der Waals surface area (Å²) in [5.41, 5.74) is 0. The average molecular weight is 172 g/mol. The maximum atomic E-state index is 10.9. The van der Waals surface area contributed by atoms with E-state index < -0.39 is 17.9 Å². The molecule has 12 heavy (non-hydrogen) atoms. The lowest BCUT2D eigenvalue weighted by Gasteiger charge is -2.04. The highest BCUT2D eigenvalue weighted by atomic mass is 16.6. The molecule has 0 aliphatic heterocycles. The number of esters is 2. The molecule has 1 unspecified atom stereocenters. The van der Waals surface area contributed by atoms with Gasteiger partial charge in [0.25, 0.3) is 0 Å². The Bertz CT molecular complexity index is 207. The third-order valence-electron chi connectivity index (χ3n) is 1.47. The normalized spacial score (nSPS) is 11.9. The van der Waals surface area contributed by atoms with Crippen LogP contribution in [0.3, 0.4) is 0 Å².